The summed E-state index contributed by atoms with van der Waals surface area (Å²) >= 11 is 0. The molecule has 0 aliphatic carbocycles. The SMILES string of the molecule is CCC(CC)Cc1cc(N(Cc2ccccc2)[N+](=O)[O-])c2ncn(C(C)C)c2c1. The van der Waals surface area contributed by atoms with E-state index in [-0.39, 0.29) is 17.6 Å². The van der Waals surface area contributed by atoms with E-state index in [1.165, 1.54) is 5.01 Å². The molecule has 0 spiro atoms. The van der Waals surface area contributed by atoms with Crippen LogP contribution in [0.5, 0.6) is 0 Å². The Bertz CT molecular complexity index is 962. The maximum Gasteiger partial charge on any atom is 0.165 e. The second-order valence-electron chi connectivity index (χ2n) is 7.90. The van der Waals surface area contributed by atoms with Crippen LogP contribution >= 0.6 is 0 Å². The summed E-state index contributed by atoms with van der Waals surface area (Å²) in [4.78, 5) is 16.6. The van der Waals surface area contributed by atoms with Crippen LogP contribution in [-0.2, 0) is 13.0 Å². The Kier molecular flexibility index (Phi) is 6.52. The van der Waals surface area contributed by atoms with E-state index in [1.807, 2.05) is 36.4 Å². The quantitative estimate of drug-likeness (QED) is 0.340. The summed E-state index contributed by atoms with van der Waals surface area (Å²) in [5.74, 6) is 0.564. The highest BCUT2D eigenvalue weighted by atomic mass is 16.7. The van der Waals surface area contributed by atoms with Gasteiger partial charge < -0.3 is 4.57 Å². The van der Waals surface area contributed by atoms with Gasteiger partial charge in [0.15, 0.2) is 5.03 Å². The molecule has 29 heavy (non-hydrogen) atoms. The minimum absolute atomic E-state index is 0.200. The van der Waals surface area contributed by atoms with Gasteiger partial charge in [0, 0.05) is 6.04 Å². The molecule has 154 valence electrons. The number of hydrogen-bond donors (Lipinski definition) is 0. The van der Waals surface area contributed by atoms with Gasteiger partial charge >= 0.3 is 0 Å². The van der Waals surface area contributed by atoms with Crippen molar-refractivity contribution in [2.75, 3.05) is 5.01 Å². The number of anilines is 1. The molecule has 0 saturated heterocycles. The monoisotopic (exact) mass is 394 g/mol. The Hall–Kier alpha value is -2.89. The van der Waals surface area contributed by atoms with E-state index < -0.39 is 0 Å². The van der Waals surface area contributed by atoms with E-state index >= 15 is 0 Å². The van der Waals surface area contributed by atoms with Gasteiger partial charge in [-0.2, -0.15) is 0 Å². The molecular weight excluding hydrogens is 364 g/mol. The zero-order valence-corrected chi connectivity index (χ0v) is 17.7. The van der Waals surface area contributed by atoms with Crippen LogP contribution in [0.1, 0.15) is 57.7 Å². The molecule has 0 atom stereocenters. The van der Waals surface area contributed by atoms with Crippen LogP contribution in [0.25, 0.3) is 11.0 Å². The average Bonchev–Trinajstić information content (AvgIpc) is 3.14. The largest absolute Gasteiger partial charge is 0.328 e. The van der Waals surface area contributed by atoms with Crippen LogP contribution in [0.4, 0.5) is 5.69 Å². The van der Waals surface area contributed by atoms with Crippen LogP contribution < -0.4 is 5.01 Å². The Labute approximate surface area is 172 Å². The molecule has 0 unspecified atom stereocenters. The molecule has 1 heterocycles. The Balaban J connectivity index is 2.13. The van der Waals surface area contributed by atoms with Crippen LogP contribution in [0.3, 0.4) is 0 Å². The van der Waals surface area contributed by atoms with Crippen molar-refractivity contribution in [2.45, 2.75) is 59.5 Å². The maximum atomic E-state index is 12.0. The molecule has 0 amide bonds. The highest BCUT2D eigenvalue weighted by molar-refractivity contribution is 5.89. The van der Waals surface area contributed by atoms with Gasteiger partial charge in [0.2, 0.25) is 0 Å². The first-order valence-corrected chi connectivity index (χ1v) is 10.4. The number of hydrogen-bond acceptors (Lipinski definition) is 3. The van der Waals surface area contributed by atoms with E-state index in [0.29, 0.717) is 17.1 Å². The topological polar surface area (TPSA) is 64.2 Å². The van der Waals surface area contributed by atoms with Crippen molar-refractivity contribution in [3.8, 4) is 0 Å². The predicted molar refractivity (Wildman–Crippen MR) is 118 cm³/mol. The maximum absolute atomic E-state index is 12.0. The summed E-state index contributed by atoms with van der Waals surface area (Å²) in [6.07, 6.45) is 4.89. The zero-order chi connectivity index (χ0) is 21.0. The second kappa shape index (κ2) is 9.07. The number of hydrazine groups is 1. The van der Waals surface area contributed by atoms with Crippen molar-refractivity contribution in [1.82, 2.24) is 9.55 Å². The van der Waals surface area contributed by atoms with Crippen molar-refractivity contribution < 1.29 is 5.03 Å². The van der Waals surface area contributed by atoms with Gasteiger partial charge in [0.05, 0.1) is 11.8 Å². The predicted octanol–water partition coefficient (Wildman–Crippen LogP) is 5.79. The minimum Gasteiger partial charge on any atom is -0.328 e. The third kappa shape index (κ3) is 4.58. The van der Waals surface area contributed by atoms with Crippen molar-refractivity contribution in [3.63, 3.8) is 0 Å². The number of imidazole rings is 1. The molecule has 0 aliphatic rings. The number of fused-ring (bicyclic) bond motifs is 1. The Morgan fingerprint density at radius 3 is 2.38 bits per heavy atom. The summed E-state index contributed by atoms with van der Waals surface area (Å²) in [5.41, 5.74) is 4.23. The minimum atomic E-state index is -0.322. The molecule has 0 fully saturated rings. The molecule has 0 aliphatic heterocycles. The first-order valence-electron chi connectivity index (χ1n) is 10.4. The van der Waals surface area contributed by atoms with Crippen molar-refractivity contribution in [2.24, 2.45) is 5.92 Å². The van der Waals surface area contributed by atoms with Gasteiger partial charge in [-0.15, -0.1) is 0 Å². The van der Waals surface area contributed by atoms with Gasteiger partial charge in [-0.3, -0.25) is 0 Å². The molecule has 3 aromatic rings. The molecule has 3 rings (SSSR count). The zero-order valence-electron chi connectivity index (χ0n) is 17.7. The highest BCUT2D eigenvalue weighted by Gasteiger charge is 2.24. The molecule has 6 nitrogen and oxygen atoms in total. The van der Waals surface area contributed by atoms with Gasteiger partial charge in [-0.1, -0.05) is 62.0 Å². The highest BCUT2D eigenvalue weighted by Crippen LogP contribution is 2.32. The summed E-state index contributed by atoms with van der Waals surface area (Å²) < 4.78 is 2.09. The molecule has 0 N–H and O–H groups in total. The lowest BCUT2D eigenvalue weighted by molar-refractivity contribution is -0.496. The number of nitro groups is 1. The molecule has 2 aromatic carbocycles. The van der Waals surface area contributed by atoms with Crippen molar-refractivity contribution >= 4 is 16.7 Å². The van der Waals surface area contributed by atoms with Crippen molar-refractivity contribution in [1.29, 1.82) is 0 Å². The fraction of sp³-hybridized carbons (Fsp3) is 0.435. The van der Waals surface area contributed by atoms with Crippen LogP contribution in [0.15, 0.2) is 48.8 Å². The van der Waals surface area contributed by atoms with Gasteiger partial charge in [-0.05, 0) is 49.4 Å². The van der Waals surface area contributed by atoms with E-state index in [1.54, 1.807) is 6.33 Å². The molecular formula is C23H30N4O2. The average molecular weight is 395 g/mol. The number of benzene rings is 2. The fourth-order valence-electron chi connectivity index (χ4n) is 3.80. The summed E-state index contributed by atoms with van der Waals surface area (Å²) in [6.45, 7) is 8.80. The Morgan fingerprint density at radius 1 is 1.10 bits per heavy atom. The standard InChI is InChI=1S/C23H30N4O2/c1-5-18(6-2)12-20-13-21-23(24-16-25(21)17(3)4)22(14-20)26(27(28)29)15-19-10-8-7-9-11-19/h7-11,13-14,16-18H,5-6,12,15H2,1-4H3. The summed E-state index contributed by atoms with van der Waals surface area (Å²) in [7, 11) is 0. The molecule has 1 aromatic heterocycles. The van der Waals surface area contributed by atoms with E-state index in [4.69, 9.17) is 0 Å². The third-order valence-electron chi connectivity index (χ3n) is 5.60. The lowest BCUT2D eigenvalue weighted by Crippen LogP contribution is -2.29. The lowest BCUT2D eigenvalue weighted by Gasteiger charge is -2.19. The van der Waals surface area contributed by atoms with Crippen LogP contribution in [0, 0.1) is 16.0 Å². The van der Waals surface area contributed by atoms with E-state index in [0.717, 1.165) is 35.9 Å². The van der Waals surface area contributed by atoms with Gasteiger partial charge in [-0.25, -0.2) is 15.1 Å². The lowest BCUT2D eigenvalue weighted by atomic mass is 9.94. The Morgan fingerprint density at radius 2 is 1.79 bits per heavy atom. The number of aromatic nitrogens is 2. The van der Waals surface area contributed by atoms with Crippen molar-refractivity contribution in [3.05, 3.63) is 70.0 Å². The van der Waals surface area contributed by atoms with Crippen LogP contribution in [-0.4, -0.2) is 14.6 Å². The third-order valence-corrected chi connectivity index (χ3v) is 5.60. The van der Waals surface area contributed by atoms with E-state index in [9.17, 15) is 10.1 Å². The second-order valence-corrected chi connectivity index (χ2v) is 7.90. The smallest absolute Gasteiger partial charge is 0.165 e. The first-order chi connectivity index (χ1) is 13.9. The summed E-state index contributed by atoms with van der Waals surface area (Å²) in [6, 6.07) is 13.9. The fourth-order valence-corrected chi connectivity index (χ4v) is 3.80. The van der Waals surface area contributed by atoms with E-state index in [2.05, 4.69) is 43.3 Å². The normalized spacial score (nSPS) is 11.5. The number of rotatable bonds is 9. The first kappa shape index (κ1) is 20.8. The summed E-state index contributed by atoms with van der Waals surface area (Å²) in [5, 5.41) is 12.9. The van der Waals surface area contributed by atoms with Gasteiger partial charge in [0.25, 0.3) is 0 Å². The van der Waals surface area contributed by atoms with Crippen LogP contribution in [0.2, 0.25) is 0 Å². The molecule has 0 bridgehead atoms. The molecule has 0 radical (unpaired) electrons. The van der Waals surface area contributed by atoms with Gasteiger partial charge in [0.1, 0.15) is 17.7 Å². The molecule has 6 heteroatoms. The number of nitrogens with zero attached hydrogens (tertiary/aromatic N) is 4. The molecule has 0 saturated carbocycles.